The zero-order valence-electron chi connectivity index (χ0n) is 71.4. The average molecular weight is 1670 g/mol. The first kappa shape index (κ1) is 87.2. The number of nitrogens with zero attached hydrogens (tertiary/aromatic N) is 15. The number of nitrogen functional groups attached to an aromatic ring is 1. The van der Waals surface area contributed by atoms with Crippen molar-refractivity contribution in [3.8, 4) is 0 Å². The molecule has 0 saturated heterocycles. The molecule has 10 heterocycles. The summed E-state index contributed by atoms with van der Waals surface area (Å²) < 4.78 is 59.5. The van der Waals surface area contributed by atoms with Crippen molar-refractivity contribution < 1.29 is 57.1 Å². The zero-order chi connectivity index (χ0) is 86.1. The van der Waals surface area contributed by atoms with Gasteiger partial charge in [0.05, 0.1) is 172 Å². The van der Waals surface area contributed by atoms with E-state index in [0.29, 0.717) is 103 Å². The maximum Gasteiger partial charge on any atom is 0.251 e. The summed E-state index contributed by atoms with van der Waals surface area (Å²) in [6.45, 7) is 24.4. The maximum atomic E-state index is 13.6. The number of imidazole rings is 5. The van der Waals surface area contributed by atoms with E-state index in [1.165, 1.54) is 0 Å². The fourth-order valence-corrected chi connectivity index (χ4v) is 15.2. The summed E-state index contributed by atoms with van der Waals surface area (Å²) >= 11 is 0. The number of carbonyl (C=O) groups excluding carboxylic acids is 4. The summed E-state index contributed by atoms with van der Waals surface area (Å²) in [6, 6.07) is 39.1. The molecule has 0 radical (unpaired) electrons. The Kier molecular flexibility index (Phi) is 28.9. The van der Waals surface area contributed by atoms with Crippen LogP contribution in [0, 0.1) is 35.0 Å². The predicted molar refractivity (Wildman–Crippen MR) is 477 cm³/mol. The molecule has 5 aromatic carbocycles. The first-order valence-corrected chi connectivity index (χ1v) is 41.9. The summed E-state index contributed by atoms with van der Waals surface area (Å²) in [5.41, 5.74) is 16.4. The third kappa shape index (κ3) is 21.5. The number of hydrogen-bond acceptors (Lipinski definition) is 23. The maximum absolute atomic E-state index is 13.6. The molecule has 0 bridgehead atoms. The molecule has 15 aromatic rings. The van der Waals surface area contributed by atoms with E-state index < -0.39 is 29.0 Å². The Morgan fingerprint density at radius 1 is 0.301 bits per heavy atom. The molecule has 0 saturated carbocycles. The second-order valence-electron chi connectivity index (χ2n) is 33.0. The van der Waals surface area contributed by atoms with E-state index in [4.69, 9.17) is 63.6 Å². The van der Waals surface area contributed by atoms with Gasteiger partial charge in [-0.2, -0.15) is 0 Å². The number of carbonyl (C=O) groups is 4. The second-order valence-corrected chi connectivity index (χ2v) is 33.0. The van der Waals surface area contributed by atoms with Gasteiger partial charge in [-0.25, -0.2) is 49.8 Å². The number of amides is 4. The van der Waals surface area contributed by atoms with E-state index in [-0.39, 0.29) is 106 Å². The van der Waals surface area contributed by atoms with Gasteiger partial charge in [-0.3, -0.25) is 19.2 Å². The van der Waals surface area contributed by atoms with Crippen LogP contribution in [0.3, 0.4) is 0 Å². The van der Waals surface area contributed by atoms with Gasteiger partial charge in [-0.05, 0) is 59.9 Å². The van der Waals surface area contributed by atoms with Gasteiger partial charge < -0.3 is 87.7 Å². The molecule has 123 heavy (non-hydrogen) atoms. The number of aromatic nitrogens is 15. The lowest BCUT2D eigenvalue weighted by molar-refractivity contribution is -0.129. The van der Waals surface area contributed by atoms with Crippen molar-refractivity contribution in [3.05, 3.63) is 153 Å². The third-order valence-electron chi connectivity index (χ3n) is 20.2. The molecule has 0 aliphatic carbocycles. The molecule has 15 rings (SSSR count). The molecule has 0 fully saturated rings. The summed E-state index contributed by atoms with van der Waals surface area (Å²) in [5.74, 6) is 2.10. The number of benzene rings is 5. The zero-order valence-corrected chi connectivity index (χ0v) is 71.4. The van der Waals surface area contributed by atoms with Gasteiger partial charge in [0.2, 0.25) is 0 Å². The van der Waals surface area contributed by atoms with E-state index in [9.17, 15) is 19.2 Å². The van der Waals surface area contributed by atoms with Gasteiger partial charge in [0.15, 0.2) is 29.1 Å². The first-order valence-electron chi connectivity index (χ1n) is 41.9. The standard InChI is InChI=1S/C77H92N16O12.C14H16N4/c1-49(2)33-90-45-78-65-69(90)53-17-9-13-21-57(53)82-73(65)86-61(94)37-98-25-29-102-41-77(42-103-30-26-99-38-62(95)87-74-66-70(91(46-79-66)34-50(3)4)54-18-10-14-22-58(54)83-74,43-104-31-27-100-39-63(96)88-75-67-71(92(47-80-67)35-51(5)6)55-19-11-15-23-59(55)84-75)44-105-32-28-101-40-64(97)89-76-68-72(93(48-81-68)36-52(7)8)56-20-12-16-24-60(56)85-76;1-9(2)7-18-8-16-12-13(18)10-5-3-4-6-11(10)17-14(12)15/h9-24,45-52H,25-44H2,1-8H3,(H,82,86,94)(H,83,87,95)(H,84,88,96)(H,85,89,97);3-6,8-9H,7H2,1-2H3,(H2,15,17). The lowest BCUT2D eigenvalue weighted by Crippen LogP contribution is -2.43. The summed E-state index contributed by atoms with van der Waals surface area (Å²) in [6.07, 6.45) is 8.95. The fraction of sp³-hybridized carbons (Fsp3) is 0.407. The van der Waals surface area contributed by atoms with Crippen molar-refractivity contribution in [1.29, 1.82) is 0 Å². The van der Waals surface area contributed by atoms with E-state index in [0.717, 1.165) is 98.3 Å². The molecule has 0 atom stereocenters. The van der Waals surface area contributed by atoms with E-state index in [2.05, 4.69) is 149 Å². The van der Waals surface area contributed by atoms with Crippen LogP contribution in [-0.4, -0.2) is 202 Å². The molecule has 32 heteroatoms. The molecule has 0 aliphatic rings. The third-order valence-corrected chi connectivity index (χ3v) is 20.2. The Bertz CT molecular complexity index is 5590. The molecule has 6 N–H and O–H groups in total. The van der Waals surface area contributed by atoms with Gasteiger partial charge >= 0.3 is 0 Å². The number of ether oxygens (including phenoxy) is 8. The van der Waals surface area contributed by atoms with E-state index in [1.807, 2.05) is 122 Å². The normalized spacial score (nSPS) is 12.2. The molecule has 0 spiro atoms. The van der Waals surface area contributed by atoms with Crippen LogP contribution in [0.15, 0.2) is 153 Å². The minimum atomic E-state index is -1.04. The fourth-order valence-electron chi connectivity index (χ4n) is 15.2. The van der Waals surface area contributed by atoms with Crippen LogP contribution in [0.1, 0.15) is 69.2 Å². The van der Waals surface area contributed by atoms with Gasteiger partial charge in [0, 0.05) is 59.7 Å². The summed E-state index contributed by atoms with van der Waals surface area (Å²) in [4.78, 5) is 101. The Balaban J connectivity index is 0.000000602. The number of fused-ring (bicyclic) bond motifs is 15. The SMILES string of the molecule is CC(C)Cn1cnc2c(N)nc3ccccc3c21.CC(C)Cn1cnc2c(NC(=O)COCCOCC(COCCOCC(=O)Nc3nc4ccccc4c4c3ncn4CC(C)C)(COCCOCC(=O)Nc3nc4ccccc4c4c3ncn4CC(C)C)COCCOCC(=O)Nc3nc4ccccc4c4c3ncn4CC(C)C)nc3ccccc3c21. The number of para-hydroxylation sites is 5. The Labute approximate surface area is 711 Å². The van der Waals surface area contributed by atoms with Crippen LogP contribution in [-0.2, 0) is 89.8 Å². The lowest BCUT2D eigenvalue weighted by atomic mass is 9.92. The van der Waals surface area contributed by atoms with Crippen LogP contribution < -0.4 is 27.0 Å². The highest BCUT2D eigenvalue weighted by Gasteiger charge is 2.34. The van der Waals surface area contributed by atoms with Crippen LogP contribution in [0.4, 0.5) is 29.1 Å². The number of rotatable bonds is 42. The van der Waals surface area contributed by atoms with Crippen molar-refractivity contribution in [2.24, 2.45) is 35.0 Å². The van der Waals surface area contributed by atoms with Gasteiger partial charge in [0.25, 0.3) is 23.6 Å². The smallest absolute Gasteiger partial charge is 0.251 e. The summed E-state index contributed by atoms with van der Waals surface area (Å²) in [7, 11) is 0. The number of anilines is 5. The average Bonchev–Trinajstić information content (AvgIpc) is 1.68. The molecule has 32 nitrogen and oxygen atoms in total. The molecule has 0 unspecified atom stereocenters. The van der Waals surface area contributed by atoms with Crippen molar-refractivity contribution in [2.75, 3.05) is 133 Å². The Hall–Kier alpha value is -12.1. The largest absolute Gasteiger partial charge is 0.382 e. The second kappa shape index (κ2) is 40.7. The molecule has 10 aromatic heterocycles. The quantitative estimate of drug-likeness (QED) is 0.0222. The molecule has 644 valence electrons. The van der Waals surface area contributed by atoms with Crippen LogP contribution in [0.5, 0.6) is 0 Å². The van der Waals surface area contributed by atoms with E-state index in [1.54, 1.807) is 25.3 Å². The molecular weight excluding hydrogens is 1570 g/mol. The van der Waals surface area contributed by atoms with Crippen molar-refractivity contribution in [2.45, 2.75) is 102 Å². The van der Waals surface area contributed by atoms with Gasteiger partial charge in [-0.1, -0.05) is 160 Å². The minimum absolute atomic E-state index is 0.00313. The highest BCUT2D eigenvalue weighted by molar-refractivity contribution is 6.13. The van der Waals surface area contributed by atoms with Crippen molar-refractivity contribution >= 4 is 162 Å². The van der Waals surface area contributed by atoms with Crippen LogP contribution in [0.25, 0.3) is 110 Å². The van der Waals surface area contributed by atoms with Crippen LogP contribution in [0.2, 0.25) is 0 Å². The predicted octanol–water partition coefficient (Wildman–Crippen LogP) is 13.7. The topological polar surface area (TPSA) is 370 Å². The summed E-state index contributed by atoms with van der Waals surface area (Å²) in [5, 5.41) is 16.5. The Morgan fingerprint density at radius 2 is 0.504 bits per heavy atom. The van der Waals surface area contributed by atoms with Crippen LogP contribution >= 0.6 is 0 Å². The number of hydrogen-bond donors (Lipinski definition) is 5. The Morgan fingerprint density at radius 3 is 0.740 bits per heavy atom. The van der Waals surface area contributed by atoms with E-state index >= 15 is 0 Å². The first-order chi connectivity index (χ1) is 59.6. The van der Waals surface area contributed by atoms with Gasteiger partial charge in [-0.15, -0.1) is 0 Å². The van der Waals surface area contributed by atoms with Gasteiger partial charge in [0.1, 0.15) is 54.0 Å². The van der Waals surface area contributed by atoms with Crippen molar-refractivity contribution in [3.63, 3.8) is 0 Å². The lowest BCUT2D eigenvalue weighted by Gasteiger charge is -2.33. The number of pyridine rings is 5. The minimum Gasteiger partial charge on any atom is -0.382 e. The highest BCUT2D eigenvalue weighted by Crippen LogP contribution is 2.35. The number of nitrogens with two attached hydrogens (primary N) is 1. The monoisotopic (exact) mass is 1670 g/mol. The van der Waals surface area contributed by atoms with Crippen molar-refractivity contribution in [1.82, 2.24) is 72.7 Å². The molecule has 4 amide bonds. The molecule has 0 aliphatic heterocycles. The molecular formula is C91H108N20O12. The highest BCUT2D eigenvalue weighted by atomic mass is 16.6. The number of nitrogens with one attached hydrogen (secondary N) is 4.